The minimum atomic E-state index is 0.729. The van der Waals surface area contributed by atoms with Crippen LogP contribution in [0.1, 0.15) is 12.0 Å². The van der Waals surface area contributed by atoms with Gasteiger partial charge in [-0.1, -0.05) is 12.0 Å². The van der Waals surface area contributed by atoms with Crippen molar-refractivity contribution in [1.29, 1.82) is 0 Å². The predicted molar refractivity (Wildman–Crippen MR) is 79.9 cm³/mol. The van der Waals surface area contributed by atoms with Crippen LogP contribution in [0.4, 0.5) is 0 Å². The summed E-state index contributed by atoms with van der Waals surface area (Å²) in [4.78, 5) is 0. The minimum Gasteiger partial charge on any atom is -0.490 e. The molecule has 0 atom stereocenters. The lowest BCUT2D eigenvalue weighted by Gasteiger charge is -2.10. The van der Waals surface area contributed by atoms with Crippen LogP contribution in [0.3, 0.4) is 0 Å². The van der Waals surface area contributed by atoms with Crippen molar-refractivity contribution in [3.8, 4) is 23.8 Å². The molecule has 0 saturated carbocycles. The zero-order valence-corrected chi connectivity index (χ0v) is 11.8. The Morgan fingerprint density at radius 3 is 2.95 bits per heavy atom. The third-order valence-corrected chi connectivity index (χ3v) is 3.61. The summed E-state index contributed by atoms with van der Waals surface area (Å²) >= 11 is 1.77. The molecular formula is C15H19NO2S. The topological polar surface area (TPSA) is 30.5 Å². The van der Waals surface area contributed by atoms with Crippen LogP contribution in [0.25, 0.3) is 0 Å². The van der Waals surface area contributed by atoms with E-state index in [9.17, 15) is 0 Å². The molecule has 2 rings (SSSR count). The van der Waals surface area contributed by atoms with Gasteiger partial charge in [0, 0.05) is 25.3 Å². The lowest BCUT2D eigenvalue weighted by atomic mass is 10.2. The molecule has 1 aliphatic heterocycles. The fraction of sp³-hybridized carbons (Fsp3) is 0.467. The molecule has 0 aromatic heterocycles. The first-order valence-electron chi connectivity index (χ1n) is 6.50. The van der Waals surface area contributed by atoms with E-state index in [1.807, 2.05) is 6.07 Å². The normalized spacial score (nSPS) is 13.6. The van der Waals surface area contributed by atoms with E-state index in [1.165, 1.54) is 5.56 Å². The quantitative estimate of drug-likeness (QED) is 0.638. The molecule has 0 unspecified atom stereocenters. The maximum atomic E-state index is 5.67. The van der Waals surface area contributed by atoms with Gasteiger partial charge >= 0.3 is 0 Å². The number of hydrogen-bond acceptors (Lipinski definition) is 4. The zero-order valence-electron chi connectivity index (χ0n) is 11.0. The van der Waals surface area contributed by atoms with Crippen molar-refractivity contribution in [1.82, 2.24) is 5.32 Å². The van der Waals surface area contributed by atoms with Gasteiger partial charge in [0.25, 0.3) is 0 Å². The second-order valence-electron chi connectivity index (χ2n) is 4.27. The Morgan fingerprint density at radius 2 is 2.11 bits per heavy atom. The summed E-state index contributed by atoms with van der Waals surface area (Å²) in [5.74, 6) is 6.15. The summed E-state index contributed by atoms with van der Waals surface area (Å²) in [6, 6.07) is 6.13. The second-order valence-corrected chi connectivity index (χ2v) is 5.37. The van der Waals surface area contributed by atoms with Crippen molar-refractivity contribution < 1.29 is 9.47 Å². The average Bonchev–Trinajstić information content (AvgIpc) is 2.67. The zero-order chi connectivity index (χ0) is 13.3. The Bertz CT molecular complexity index is 442. The summed E-state index contributed by atoms with van der Waals surface area (Å²) in [6.07, 6.45) is 6.13. The number of ether oxygens (including phenoxy) is 2. The Kier molecular flexibility index (Phi) is 5.93. The molecule has 1 N–H and O–H groups in total. The third kappa shape index (κ3) is 4.70. The molecule has 102 valence electrons. The van der Waals surface area contributed by atoms with Crippen LogP contribution in [0, 0.1) is 12.3 Å². The maximum absolute atomic E-state index is 5.67. The highest BCUT2D eigenvalue weighted by molar-refractivity contribution is 7.99. The Morgan fingerprint density at radius 1 is 1.26 bits per heavy atom. The van der Waals surface area contributed by atoms with Gasteiger partial charge in [0.05, 0.1) is 19.0 Å². The maximum Gasteiger partial charge on any atom is 0.161 e. The monoisotopic (exact) mass is 277 g/mol. The average molecular weight is 277 g/mol. The van der Waals surface area contributed by atoms with Gasteiger partial charge in [-0.2, -0.15) is 0 Å². The lowest BCUT2D eigenvalue weighted by molar-refractivity contribution is 0.297. The van der Waals surface area contributed by atoms with E-state index < -0.39 is 0 Å². The molecule has 0 fully saturated rings. The highest BCUT2D eigenvalue weighted by atomic mass is 32.2. The molecular weight excluding hydrogens is 258 g/mol. The molecule has 0 saturated heterocycles. The van der Waals surface area contributed by atoms with Gasteiger partial charge in [0.15, 0.2) is 11.5 Å². The summed E-state index contributed by atoms with van der Waals surface area (Å²) in [6.45, 7) is 3.26. The first kappa shape index (κ1) is 14.1. The largest absolute Gasteiger partial charge is 0.490 e. The molecule has 1 heterocycles. The Hall–Kier alpha value is -1.31. The van der Waals surface area contributed by atoms with Crippen LogP contribution in [-0.4, -0.2) is 31.3 Å². The molecule has 1 aromatic rings. The second kappa shape index (κ2) is 7.98. The van der Waals surface area contributed by atoms with Crippen molar-refractivity contribution in [3.05, 3.63) is 23.8 Å². The van der Waals surface area contributed by atoms with Gasteiger partial charge in [-0.15, -0.1) is 18.2 Å². The van der Waals surface area contributed by atoms with Crippen LogP contribution < -0.4 is 14.8 Å². The Balaban J connectivity index is 1.78. The minimum absolute atomic E-state index is 0.729. The van der Waals surface area contributed by atoms with Crippen molar-refractivity contribution in [2.45, 2.75) is 13.0 Å². The van der Waals surface area contributed by atoms with Gasteiger partial charge in [-0.3, -0.25) is 0 Å². The van der Waals surface area contributed by atoms with E-state index in [-0.39, 0.29) is 0 Å². The molecule has 0 radical (unpaired) electrons. The predicted octanol–water partition coefficient (Wildman–Crippen LogP) is 2.30. The Labute approximate surface area is 119 Å². The van der Waals surface area contributed by atoms with Gasteiger partial charge < -0.3 is 14.8 Å². The van der Waals surface area contributed by atoms with Crippen molar-refractivity contribution in [3.63, 3.8) is 0 Å². The molecule has 0 aliphatic carbocycles. The first-order valence-corrected chi connectivity index (χ1v) is 7.66. The van der Waals surface area contributed by atoms with Crippen LogP contribution in [0.2, 0.25) is 0 Å². The SMILES string of the molecule is C#CCSCCNCc1ccc2c(c1)OCCCO2. The standard InChI is InChI=1S/C15H19NO2S/c1-2-9-19-10-6-16-12-13-4-5-14-15(11-13)18-8-3-7-17-14/h1,4-5,11,16H,3,6-10,12H2. The number of benzene rings is 1. The van der Waals surface area contributed by atoms with Crippen LogP contribution in [-0.2, 0) is 6.54 Å². The first-order chi connectivity index (χ1) is 9.40. The van der Waals surface area contributed by atoms with Gasteiger partial charge in [-0.25, -0.2) is 0 Å². The summed E-state index contributed by atoms with van der Waals surface area (Å²) in [5.41, 5.74) is 1.21. The van der Waals surface area contributed by atoms with E-state index in [0.29, 0.717) is 0 Å². The smallest absolute Gasteiger partial charge is 0.161 e. The number of thioether (sulfide) groups is 1. The third-order valence-electron chi connectivity index (χ3n) is 2.75. The van der Waals surface area contributed by atoms with E-state index in [1.54, 1.807) is 11.8 Å². The van der Waals surface area contributed by atoms with E-state index in [0.717, 1.165) is 55.7 Å². The molecule has 3 nitrogen and oxygen atoms in total. The fourth-order valence-electron chi connectivity index (χ4n) is 1.83. The van der Waals surface area contributed by atoms with Crippen LogP contribution in [0.15, 0.2) is 18.2 Å². The summed E-state index contributed by atoms with van der Waals surface area (Å²) in [7, 11) is 0. The van der Waals surface area contributed by atoms with E-state index in [2.05, 4.69) is 23.4 Å². The molecule has 0 spiro atoms. The van der Waals surface area contributed by atoms with Crippen molar-refractivity contribution >= 4 is 11.8 Å². The summed E-state index contributed by atoms with van der Waals surface area (Å²) < 4.78 is 11.3. The number of terminal acetylenes is 1. The van der Waals surface area contributed by atoms with Crippen LogP contribution in [0.5, 0.6) is 11.5 Å². The van der Waals surface area contributed by atoms with Crippen LogP contribution >= 0.6 is 11.8 Å². The molecule has 0 amide bonds. The van der Waals surface area contributed by atoms with Gasteiger partial charge in [0.2, 0.25) is 0 Å². The molecule has 4 heteroatoms. The molecule has 1 aromatic carbocycles. The number of fused-ring (bicyclic) bond motifs is 1. The highest BCUT2D eigenvalue weighted by Crippen LogP contribution is 2.30. The van der Waals surface area contributed by atoms with Gasteiger partial charge in [-0.05, 0) is 17.7 Å². The van der Waals surface area contributed by atoms with Crippen molar-refractivity contribution in [2.24, 2.45) is 0 Å². The van der Waals surface area contributed by atoms with E-state index in [4.69, 9.17) is 15.9 Å². The fourth-order valence-corrected chi connectivity index (χ4v) is 2.38. The molecule has 19 heavy (non-hydrogen) atoms. The summed E-state index contributed by atoms with van der Waals surface area (Å²) in [5, 5.41) is 3.40. The molecule has 1 aliphatic rings. The van der Waals surface area contributed by atoms with Crippen molar-refractivity contribution in [2.75, 3.05) is 31.3 Å². The number of rotatable bonds is 6. The molecule has 0 bridgehead atoms. The van der Waals surface area contributed by atoms with Gasteiger partial charge in [0.1, 0.15) is 0 Å². The number of hydrogen-bond donors (Lipinski definition) is 1. The lowest BCUT2D eigenvalue weighted by Crippen LogP contribution is -2.16. The number of nitrogens with one attached hydrogen (secondary N) is 1. The highest BCUT2D eigenvalue weighted by Gasteiger charge is 2.10. The van der Waals surface area contributed by atoms with E-state index >= 15 is 0 Å².